The van der Waals surface area contributed by atoms with Crippen LogP contribution in [0.4, 0.5) is 0 Å². The fourth-order valence-electron chi connectivity index (χ4n) is 2.95. The van der Waals surface area contributed by atoms with Crippen LogP contribution in [0.25, 0.3) is 0 Å². The van der Waals surface area contributed by atoms with E-state index in [1.54, 1.807) is 14.2 Å². The first kappa shape index (κ1) is 17.4. The van der Waals surface area contributed by atoms with Crippen LogP contribution in [0.2, 0.25) is 0 Å². The third-order valence-electron chi connectivity index (χ3n) is 4.34. The van der Waals surface area contributed by atoms with Crippen molar-refractivity contribution in [1.29, 1.82) is 0 Å². The van der Waals surface area contributed by atoms with Crippen LogP contribution in [-0.4, -0.2) is 56.9 Å². The molecule has 0 aliphatic heterocycles. The number of ether oxygens (including phenoxy) is 2. The lowest BCUT2D eigenvalue weighted by Crippen LogP contribution is -2.48. The molecule has 1 rings (SSSR count). The zero-order valence-electron chi connectivity index (χ0n) is 13.3. The molecule has 4 unspecified atom stereocenters. The zero-order valence-corrected chi connectivity index (χ0v) is 13.3. The molecule has 20 heavy (non-hydrogen) atoms. The summed E-state index contributed by atoms with van der Waals surface area (Å²) < 4.78 is 10.3. The van der Waals surface area contributed by atoms with Crippen molar-refractivity contribution in [2.24, 2.45) is 17.6 Å². The third kappa shape index (κ3) is 4.72. The largest absolute Gasteiger partial charge is 0.383 e. The second-order valence-corrected chi connectivity index (χ2v) is 5.98. The summed E-state index contributed by atoms with van der Waals surface area (Å²) in [5.41, 5.74) is 6.04. The molecule has 4 atom stereocenters. The molecular weight excluding hydrogens is 256 g/mol. The summed E-state index contributed by atoms with van der Waals surface area (Å²) in [4.78, 5) is 14.7. The highest BCUT2D eigenvalue weighted by atomic mass is 16.5. The van der Waals surface area contributed by atoms with Crippen molar-refractivity contribution in [3.05, 3.63) is 0 Å². The van der Waals surface area contributed by atoms with E-state index in [2.05, 4.69) is 6.92 Å². The molecule has 1 amide bonds. The number of nitrogens with two attached hydrogens (primary N) is 1. The van der Waals surface area contributed by atoms with E-state index >= 15 is 0 Å². The first-order valence-corrected chi connectivity index (χ1v) is 7.55. The minimum Gasteiger partial charge on any atom is -0.383 e. The van der Waals surface area contributed by atoms with Crippen molar-refractivity contribution in [2.75, 3.05) is 34.0 Å². The number of nitrogens with zero attached hydrogens (tertiary/aromatic N) is 1. The van der Waals surface area contributed by atoms with Crippen LogP contribution in [0.15, 0.2) is 0 Å². The van der Waals surface area contributed by atoms with Crippen molar-refractivity contribution >= 4 is 5.91 Å². The Labute approximate surface area is 122 Å². The zero-order chi connectivity index (χ0) is 15.1. The highest BCUT2D eigenvalue weighted by molar-refractivity contribution is 5.79. The van der Waals surface area contributed by atoms with Gasteiger partial charge in [-0.15, -0.1) is 0 Å². The van der Waals surface area contributed by atoms with Crippen LogP contribution in [0.1, 0.15) is 33.1 Å². The van der Waals surface area contributed by atoms with E-state index < -0.39 is 0 Å². The number of hydrogen-bond acceptors (Lipinski definition) is 4. The van der Waals surface area contributed by atoms with Crippen LogP contribution >= 0.6 is 0 Å². The predicted molar refractivity (Wildman–Crippen MR) is 79.4 cm³/mol. The highest BCUT2D eigenvalue weighted by Crippen LogP contribution is 2.29. The van der Waals surface area contributed by atoms with Gasteiger partial charge in [-0.2, -0.15) is 0 Å². The van der Waals surface area contributed by atoms with Gasteiger partial charge in [0.25, 0.3) is 0 Å². The molecule has 0 aromatic rings. The minimum absolute atomic E-state index is 0.0774. The van der Waals surface area contributed by atoms with E-state index in [1.165, 1.54) is 0 Å². The maximum atomic E-state index is 12.7. The number of methoxy groups -OCH3 is 2. The van der Waals surface area contributed by atoms with Crippen molar-refractivity contribution in [1.82, 2.24) is 4.90 Å². The summed E-state index contributed by atoms with van der Waals surface area (Å²) in [5.74, 6) is 0.742. The summed E-state index contributed by atoms with van der Waals surface area (Å²) in [6.45, 7) is 5.90. The maximum Gasteiger partial charge on any atom is 0.226 e. The van der Waals surface area contributed by atoms with Crippen molar-refractivity contribution in [3.63, 3.8) is 0 Å². The van der Waals surface area contributed by atoms with Crippen molar-refractivity contribution in [2.45, 2.75) is 45.2 Å². The summed E-state index contributed by atoms with van der Waals surface area (Å²) in [7, 11) is 3.32. The molecule has 1 saturated carbocycles. The monoisotopic (exact) mass is 286 g/mol. The number of carbonyl (C=O) groups is 1. The Morgan fingerprint density at radius 1 is 1.35 bits per heavy atom. The van der Waals surface area contributed by atoms with Crippen LogP contribution in [0, 0.1) is 11.8 Å². The van der Waals surface area contributed by atoms with Crippen LogP contribution in [-0.2, 0) is 14.3 Å². The van der Waals surface area contributed by atoms with Gasteiger partial charge in [-0.1, -0.05) is 6.92 Å². The molecule has 0 saturated heterocycles. The number of hydrogen-bond donors (Lipinski definition) is 1. The third-order valence-corrected chi connectivity index (χ3v) is 4.34. The van der Waals surface area contributed by atoms with E-state index in [0.717, 1.165) is 19.3 Å². The lowest BCUT2D eigenvalue weighted by atomic mass is 9.78. The molecule has 1 aliphatic carbocycles. The fraction of sp³-hybridized carbons (Fsp3) is 0.933. The van der Waals surface area contributed by atoms with Gasteiger partial charge >= 0.3 is 0 Å². The molecule has 1 aliphatic rings. The van der Waals surface area contributed by atoms with Gasteiger partial charge in [-0.25, -0.2) is 0 Å². The Balaban J connectivity index is 2.66. The summed E-state index contributed by atoms with van der Waals surface area (Å²) in [6.07, 6.45) is 2.73. The number of amides is 1. The molecule has 0 radical (unpaired) electrons. The maximum absolute atomic E-state index is 12.7. The smallest absolute Gasteiger partial charge is 0.226 e. The standard InChI is InChI=1S/C15H30N2O3/c1-11-9-13(5-6-14(11)16)15(18)17(7-8-19-3)12(2)10-20-4/h11-14H,5-10,16H2,1-4H3. The van der Waals surface area contributed by atoms with Gasteiger partial charge in [0.2, 0.25) is 5.91 Å². The summed E-state index contributed by atoms with van der Waals surface area (Å²) in [5, 5.41) is 0. The molecule has 0 heterocycles. The minimum atomic E-state index is 0.0774. The SMILES string of the molecule is COCCN(C(=O)C1CCC(N)C(C)C1)C(C)COC. The summed E-state index contributed by atoms with van der Waals surface area (Å²) in [6, 6.07) is 0.316. The van der Waals surface area contributed by atoms with Gasteiger partial charge in [0, 0.05) is 32.7 Å². The van der Waals surface area contributed by atoms with E-state index in [0.29, 0.717) is 25.7 Å². The molecule has 0 aromatic carbocycles. The summed E-state index contributed by atoms with van der Waals surface area (Å²) >= 11 is 0. The van der Waals surface area contributed by atoms with Crippen LogP contribution in [0.3, 0.4) is 0 Å². The second-order valence-electron chi connectivity index (χ2n) is 5.98. The lowest BCUT2D eigenvalue weighted by molar-refractivity contribution is -0.141. The lowest BCUT2D eigenvalue weighted by Gasteiger charge is -2.36. The highest BCUT2D eigenvalue weighted by Gasteiger charge is 2.33. The Morgan fingerprint density at radius 2 is 2.05 bits per heavy atom. The van der Waals surface area contributed by atoms with E-state index in [1.807, 2.05) is 11.8 Å². The molecule has 0 bridgehead atoms. The van der Waals surface area contributed by atoms with Crippen LogP contribution < -0.4 is 5.73 Å². The number of rotatable bonds is 7. The normalized spacial score (nSPS) is 28.1. The molecule has 5 nitrogen and oxygen atoms in total. The van der Waals surface area contributed by atoms with Gasteiger partial charge in [-0.05, 0) is 32.1 Å². The average molecular weight is 286 g/mol. The quantitative estimate of drug-likeness (QED) is 0.765. The van der Waals surface area contributed by atoms with E-state index in [-0.39, 0.29) is 23.9 Å². The second kappa shape index (κ2) is 8.60. The molecule has 0 aromatic heterocycles. The average Bonchev–Trinajstić information content (AvgIpc) is 2.42. The molecule has 0 spiro atoms. The van der Waals surface area contributed by atoms with E-state index in [9.17, 15) is 4.79 Å². The molecule has 118 valence electrons. The van der Waals surface area contributed by atoms with Gasteiger partial charge < -0.3 is 20.1 Å². The topological polar surface area (TPSA) is 64.8 Å². The van der Waals surface area contributed by atoms with Gasteiger partial charge in [0.1, 0.15) is 0 Å². The van der Waals surface area contributed by atoms with Gasteiger partial charge in [0.15, 0.2) is 0 Å². The van der Waals surface area contributed by atoms with E-state index in [4.69, 9.17) is 15.2 Å². The van der Waals surface area contributed by atoms with Crippen molar-refractivity contribution in [3.8, 4) is 0 Å². The fourth-order valence-corrected chi connectivity index (χ4v) is 2.95. The predicted octanol–water partition coefficient (Wildman–Crippen LogP) is 1.26. The van der Waals surface area contributed by atoms with Crippen LogP contribution in [0.5, 0.6) is 0 Å². The number of carbonyl (C=O) groups excluding carboxylic acids is 1. The Bertz CT molecular complexity index is 299. The van der Waals surface area contributed by atoms with Crippen molar-refractivity contribution < 1.29 is 14.3 Å². The first-order chi connectivity index (χ1) is 9.51. The first-order valence-electron chi connectivity index (χ1n) is 7.55. The Morgan fingerprint density at radius 3 is 2.60 bits per heavy atom. The molecule has 1 fully saturated rings. The molecule has 2 N–H and O–H groups in total. The van der Waals surface area contributed by atoms with Gasteiger partial charge in [-0.3, -0.25) is 4.79 Å². The Hall–Kier alpha value is -0.650. The van der Waals surface area contributed by atoms with Gasteiger partial charge in [0.05, 0.1) is 19.3 Å². The molecule has 5 heteroatoms. The Kier molecular flexibility index (Phi) is 7.48. The molecular formula is C15H30N2O3.